The average molecular weight is 271 g/mol. The summed E-state index contributed by atoms with van der Waals surface area (Å²) >= 11 is 0. The van der Waals surface area contributed by atoms with Crippen LogP contribution in [0.1, 0.15) is 19.0 Å². The number of hydrogen-bond donors (Lipinski definition) is 1. The molecule has 1 aromatic rings. The number of nitrogens with one attached hydrogen (secondary N) is 1. The zero-order chi connectivity index (χ0) is 13.4. The van der Waals surface area contributed by atoms with E-state index in [2.05, 4.69) is 10.3 Å². The van der Waals surface area contributed by atoms with Gasteiger partial charge < -0.3 is 5.32 Å². The fourth-order valence-electron chi connectivity index (χ4n) is 1.64. The average Bonchev–Trinajstić information content (AvgIpc) is 2.37. The predicted molar refractivity (Wildman–Crippen MR) is 72.7 cm³/mol. The van der Waals surface area contributed by atoms with Gasteiger partial charge in [0.25, 0.3) is 0 Å². The lowest BCUT2D eigenvalue weighted by Crippen LogP contribution is -2.33. The normalized spacial score (nSPS) is 11.9. The van der Waals surface area contributed by atoms with E-state index in [1.165, 1.54) is 4.31 Å². The van der Waals surface area contributed by atoms with Gasteiger partial charge in [0.15, 0.2) is 0 Å². The monoisotopic (exact) mass is 271 g/mol. The minimum Gasteiger partial charge on any atom is -0.320 e. The van der Waals surface area contributed by atoms with Gasteiger partial charge in [-0.2, -0.15) is 4.31 Å². The molecule has 1 heterocycles. The van der Waals surface area contributed by atoms with Crippen LogP contribution in [-0.4, -0.2) is 43.6 Å². The Hall–Kier alpha value is -0.980. The van der Waals surface area contributed by atoms with Crippen LogP contribution in [0, 0.1) is 0 Å². The summed E-state index contributed by atoms with van der Waals surface area (Å²) in [6.07, 6.45) is 2.30. The van der Waals surface area contributed by atoms with E-state index in [4.69, 9.17) is 0 Å². The topological polar surface area (TPSA) is 62.3 Å². The van der Waals surface area contributed by atoms with Gasteiger partial charge in [0.2, 0.25) is 10.0 Å². The standard InChI is InChI=1S/C12H21N3O2S/c1-3-15(11-12-7-4-5-9-14-12)18(16,17)10-6-8-13-2/h4-5,7,9,13H,3,6,8,10-11H2,1-2H3. The van der Waals surface area contributed by atoms with Crippen molar-refractivity contribution in [1.82, 2.24) is 14.6 Å². The quantitative estimate of drug-likeness (QED) is 0.712. The van der Waals surface area contributed by atoms with Crippen molar-refractivity contribution in [3.05, 3.63) is 30.1 Å². The van der Waals surface area contributed by atoms with Crippen molar-refractivity contribution in [3.8, 4) is 0 Å². The fraction of sp³-hybridized carbons (Fsp3) is 0.583. The van der Waals surface area contributed by atoms with E-state index in [1.54, 1.807) is 6.20 Å². The summed E-state index contributed by atoms with van der Waals surface area (Å²) in [5.41, 5.74) is 0.775. The van der Waals surface area contributed by atoms with E-state index >= 15 is 0 Å². The van der Waals surface area contributed by atoms with Crippen molar-refractivity contribution in [3.63, 3.8) is 0 Å². The maximum absolute atomic E-state index is 12.1. The molecule has 1 N–H and O–H groups in total. The molecule has 0 spiro atoms. The van der Waals surface area contributed by atoms with Crippen LogP contribution in [0.5, 0.6) is 0 Å². The maximum atomic E-state index is 12.1. The fourth-order valence-corrected chi connectivity index (χ4v) is 3.13. The first-order chi connectivity index (χ1) is 8.60. The number of pyridine rings is 1. The molecule has 6 heteroatoms. The van der Waals surface area contributed by atoms with Gasteiger partial charge in [-0.15, -0.1) is 0 Å². The summed E-state index contributed by atoms with van der Waals surface area (Å²) in [5.74, 6) is 0.175. The first-order valence-corrected chi connectivity index (χ1v) is 7.73. The highest BCUT2D eigenvalue weighted by Crippen LogP contribution is 2.08. The smallest absolute Gasteiger partial charge is 0.214 e. The van der Waals surface area contributed by atoms with Gasteiger partial charge in [-0.05, 0) is 32.1 Å². The van der Waals surface area contributed by atoms with Crippen molar-refractivity contribution in [1.29, 1.82) is 0 Å². The molecule has 0 atom stereocenters. The molecule has 0 bridgehead atoms. The third-order valence-corrected chi connectivity index (χ3v) is 4.62. The van der Waals surface area contributed by atoms with Crippen molar-refractivity contribution in [2.24, 2.45) is 0 Å². The van der Waals surface area contributed by atoms with Crippen molar-refractivity contribution < 1.29 is 8.42 Å². The van der Waals surface area contributed by atoms with Gasteiger partial charge in [-0.25, -0.2) is 8.42 Å². The third-order valence-electron chi connectivity index (χ3n) is 2.64. The number of sulfonamides is 1. The summed E-state index contributed by atoms with van der Waals surface area (Å²) < 4.78 is 25.7. The molecule has 0 unspecified atom stereocenters. The third kappa shape index (κ3) is 4.72. The minimum atomic E-state index is -3.19. The van der Waals surface area contributed by atoms with Gasteiger partial charge in [0, 0.05) is 12.7 Å². The highest BCUT2D eigenvalue weighted by molar-refractivity contribution is 7.89. The second-order valence-corrected chi connectivity index (χ2v) is 6.11. The van der Waals surface area contributed by atoms with E-state index < -0.39 is 10.0 Å². The molecule has 0 aliphatic rings. The Labute approximate surface area is 109 Å². The lowest BCUT2D eigenvalue weighted by molar-refractivity contribution is 0.418. The second kappa shape index (κ2) is 7.45. The number of aromatic nitrogens is 1. The molecule has 0 saturated carbocycles. The molecule has 18 heavy (non-hydrogen) atoms. The first kappa shape index (κ1) is 15.1. The zero-order valence-electron chi connectivity index (χ0n) is 11.0. The number of nitrogens with zero attached hydrogens (tertiary/aromatic N) is 2. The Kier molecular flexibility index (Phi) is 6.24. The van der Waals surface area contributed by atoms with Crippen LogP contribution in [0.2, 0.25) is 0 Å². The first-order valence-electron chi connectivity index (χ1n) is 6.12. The maximum Gasteiger partial charge on any atom is 0.214 e. The van der Waals surface area contributed by atoms with E-state index in [9.17, 15) is 8.42 Å². The second-order valence-electron chi connectivity index (χ2n) is 4.02. The van der Waals surface area contributed by atoms with Gasteiger partial charge >= 0.3 is 0 Å². The Morgan fingerprint density at radius 2 is 2.17 bits per heavy atom. The molecule has 0 aliphatic carbocycles. The highest BCUT2D eigenvalue weighted by atomic mass is 32.2. The summed E-state index contributed by atoms with van der Waals surface area (Å²) in [7, 11) is -1.37. The van der Waals surface area contributed by atoms with Crippen LogP contribution in [0.15, 0.2) is 24.4 Å². The van der Waals surface area contributed by atoms with Gasteiger partial charge in [-0.1, -0.05) is 13.0 Å². The van der Waals surface area contributed by atoms with Gasteiger partial charge in [-0.3, -0.25) is 4.98 Å². The summed E-state index contributed by atoms with van der Waals surface area (Å²) in [6, 6.07) is 5.52. The van der Waals surface area contributed by atoms with Crippen molar-refractivity contribution >= 4 is 10.0 Å². The molecule has 0 amide bonds. The molecule has 0 radical (unpaired) electrons. The van der Waals surface area contributed by atoms with Crippen LogP contribution in [-0.2, 0) is 16.6 Å². The molecule has 5 nitrogen and oxygen atoms in total. The molecular weight excluding hydrogens is 250 g/mol. The Bertz CT molecular complexity index is 434. The largest absolute Gasteiger partial charge is 0.320 e. The van der Waals surface area contributed by atoms with Crippen molar-refractivity contribution in [2.75, 3.05) is 25.9 Å². The molecule has 1 aromatic heterocycles. The van der Waals surface area contributed by atoms with E-state index in [0.29, 0.717) is 26.1 Å². The Morgan fingerprint density at radius 3 is 2.72 bits per heavy atom. The summed E-state index contributed by atoms with van der Waals surface area (Å²) in [5, 5.41) is 2.95. The van der Waals surface area contributed by atoms with Crippen LogP contribution < -0.4 is 5.32 Å². The van der Waals surface area contributed by atoms with E-state index in [0.717, 1.165) is 5.69 Å². The SMILES string of the molecule is CCN(Cc1ccccn1)S(=O)(=O)CCCNC. The van der Waals surface area contributed by atoms with Gasteiger partial charge in [0.1, 0.15) is 0 Å². The molecule has 0 aliphatic heterocycles. The summed E-state index contributed by atoms with van der Waals surface area (Å²) in [4.78, 5) is 4.16. The lowest BCUT2D eigenvalue weighted by Gasteiger charge is -2.20. The van der Waals surface area contributed by atoms with Crippen LogP contribution in [0.4, 0.5) is 0 Å². The molecule has 102 valence electrons. The van der Waals surface area contributed by atoms with E-state index in [1.807, 2.05) is 32.2 Å². The molecule has 0 aromatic carbocycles. The van der Waals surface area contributed by atoms with Crippen LogP contribution in [0.25, 0.3) is 0 Å². The van der Waals surface area contributed by atoms with E-state index in [-0.39, 0.29) is 5.75 Å². The number of rotatable bonds is 8. The highest BCUT2D eigenvalue weighted by Gasteiger charge is 2.20. The Balaban J connectivity index is 2.65. The summed E-state index contributed by atoms with van der Waals surface area (Å²) in [6.45, 7) is 3.37. The zero-order valence-corrected chi connectivity index (χ0v) is 11.8. The van der Waals surface area contributed by atoms with Gasteiger partial charge in [0.05, 0.1) is 18.0 Å². The number of hydrogen-bond acceptors (Lipinski definition) is 4. The molecule has 1 rings (SSSR count). The van der Waals surface area contributed by atoms with Crippen molar-refractivity contribution in [2.45, 2.75) is 19.9 Å². The molecule has 0 fully saturated rings. The molecule has 0 saturated heterocycles. The van der Waals surface area contributed by atoms with Crippen LogP contribution in [0.3, 0.4) is 0 Å². The lowest BCUT2D eigenvalue weighted by atomic mass is 10.3. The Morgan fingerprint density at radius 1 is 1.39 bits per heavy atom. The molecular formula is C12H21N3O2S. The predicted octanol–water partition coefficient (Wildman–Crippen LogP) is 0.843. The minimum absolute atomic E-state index is 0.175. The van der Waals surface area contributed by atoms with Crippen LogP contribution >= 0.6 is 0 Å².